The SMILES string of the molecule is C=CC(=O)N1CCn2nc(-c3nc(-c4ccc5c(c4)CN(C)C(C(F)(F)F)C5)c4ccsc4c3-c3c(F)cc(F)cc3OCCOC)cc2C1C. The number of benzene rings is 2. The van der Waals surface area contributed by atoms with Gasteiger partial charge in [-0.1, -0.05) is 18.7 Å². The number of methoxy groups -OCH3 is 1. The number of amides is 1. The molecule has 2 aromatic carbocycles. The largest absolute Gasteiger partial charge is 0.490 e. The summed E-state index contributed by atoms with van der Waals surface area (Å²) in [5.74, 6) is -1.93. The molecule has 14 heteroatoms. The molecule has 0 aliphatic carbocycles. The molecule has 8 nitrogen and oxygen atoms in total. The molecule has 0 bridgehead atoms. The Bertz CT molecular complexity index is 2160. The van der Waals surface area contributed by atoms with E-state index in [0.29, 0.717) is 56.9 Å². The van der Waals surface area contributed by atoms with Gasteiger partial charge in [0.15, 0.2) is 0 Å². The summed E-state index contributed by atoms with van der Waals surface area (Å²) < 4.78 is 85.5. The fourth-order valence-electron chi connectivity index (χ4n) is 7.07. The van der Waals surface area contributed by atoms with Gasteiger partial charge in [-0.2, -0.15) is 18.3 Å². The maximum absolute atomic E-state index is 16.1. The standard InChI is InChI=1S/C37H34F5N5O3S/c1-5-31(48)46-9-10-47-28(20(46)2)18-27(44-47)35-33(32-26(39)16-24(38)17-29(32)50-12-11-49-4)36-25(8-13-51-36)34(43-35)22-7-6-21-15-30(37(40,41)42)45(3)19-23(21)14-22/h5-8,13-14,16-18,20,30H,1,9-12,15,19H2,2-4H3. The molecule has 0 spiro atoms. The molecule has 3 aromatic heterocycles. The molecule has 2 unspecified atom stereocenters. The van der Waals surface area contributed by atoms with Gasteiger partial charge in [-0.15, -0.1) is 11.3 Å². The molecule has 0 N–H and O–H groups in total. The summed E-state index contributed by atoms with van der Waals surface area (Å²) in [6.45, 7) is 6.62. The van der Waals surface area contributed by atoms with Gasteiger partial charge in [-0.25, -0.2) is 13.8 Å². The highest BCUT2D eigenvalue weighted by Crippen LogP contribution is 2.48. The molecule has 266 valence electrons. The van der Waals surface area contributed by atoms with Gasteiger partial charge in [0.1, 0.15) is 41.4 Å². The van der Waals surface area contributed by atoms with Crippen molar-refractivity contribution < 1.29 is 36.2 Å². The van der Waals surface area contributed by atoms with Crippen molar-refractivity contribution in [2.24, 2.45) is 0 Å². The Balaban J connectivity index is 1.45. The van der Waals surface area contributed by atoms with Crippen LogP contribution in [-0.2, 0) is 29.0 Å². The molecular formula is C37H34F5N5O3S. The molecule has 5 aromatic rings. The molecule has 2 aliphatic rings. The average Bonchev–Trinajstić information content (AvgIpc) is 3.75. The number of carbonyl (C=O) groups excluding carboxylic acids is 1. The summed E-state index contributed by atoms with van der Waals surface area (Å²) in [7, 11) is 2.95. The lowest BCUT2D eigenvalue weighted by Crippen LogP contribution is -2.47. The van der Waals surface area contributed by atoms with Gasteiger partial charge >= 0.3 is 6.18 Å². The van der Waals surface area contributed by atoms with Crippen LogP contribution in [0.5, 0.6) is 5.75 Å². The molecule has 5 heterocycles. The van der Waals surface area contributed by atoms with Crippen LogP contribution < -0.4 is 4.74 Å². The van der Waals surface area contributed by atoms with Crippen LogP contribution in [0.4, 0.5) is 22.0 Å². The summed E-state index contributed by atoms with van der Waals surface area (Å²) in [4.78, 5) is 20.8. The predicted molar refractivity (Wildman–Crippen MR) is 184 cm³/mol. The highest BCUT2D eigenvalue weighted by atomic mass is 32.1. The van der Waals surface area contributed by atoms with E-state index in [4.69, 9.17) is 19.6 Å². The number of alkyl halides is 3. The first-order valence-electron chi connectivity index (χ1n) is 16.3. The number of pyridine rings is 1. The van der Waals surface area contributed by atoms with Gasteiger partial charge < -0.3 is 14.4 Å². The first kappa shape index (κ1) is 34.8. The lowest BCUT2D eigenvalue weighted by atomic mass is 9.91. The number of nitrogens with zero attached hydrogens (tertiary/aromatic N) is 5. The zero-order chi connectivity index (χ0) is 36.2. The Kier molecular flexibility index (Phi) is 9.19. The third kappa shape index (κ3) is 6.29. The number of thiophene rings is 1. The van der Waals surface area contributed by atoms with Gasteiger partial charge in [0.25, 0.3) is 0 Å². The minimum Gasteiger partial charge on any atom is -0.490 e. The Morgan fingerprint density at radius 1 is 1.06 bits per heavy atom. The van der Waals surface area contributed by atoms with Gasteiger partial charge in [-0.05, 0) is 61.2 Å². The van der Waals surface area contributed by atoms with E-state index in [2.05, 4.69) is 6.58 Å². The molecule has 2 aliphatic heterocycles. The zero-order valence-corrected chi connectivity index (χ0v) is 28.9. The van der Waals surface area contributed by atoms with Crippen LogP contribution in [0.15, 0.2) is 60.5 Å². The predicted octanol–water partition coefficient (Wildman–Crippen LogP) is 7.81. The normalized spacial score (nSPS) is 17.8. The van der Waals surface area contributed by atoms with Crippen molar-refractivity contribution in [1.82, 2.24) is 24.6 Å². The lowest BCUT2D eigenvalue weighted by molar-refractivity contribution is -0.183. The topological polar surface area (TPSA) is 72.7 Å². The number of aromatic nitrogens is 3. The van der Waals surface area contributed by atoms with Crippen LogP contribution in [0.3, 0.4) is 0 Å². The summed E-state index contributed by atoms with van der Waals surface area (Å²) in [6.07, 6.45) is -3.26. The fraction of sp³-hybridized carbons (Fsp3) is 0.324. The van der Waals surface area contributed by atoms with E-state index in [1.807, 2.05) is 30.5 Å². The molecule has 51 heavy (non-hydrogen) atoms. The summed E-state index contributed by atoms with van der Waals surface area (Å²) in [5, 5.41) is 7.40. The van der Waals surface area contributed by atoms with Crippen LogP contribution in [0.1, 0.15) is 29.8 Å². The number of fused-ring (bicyclic) bond motifs is 3. The second-order valence-electron chi connectivity index (χ2n) is 12.7. The number of likely N-dealkylation sites (N-methyl/N-ethyl adjacent to an activating group) is 1. The van der Waals surface area contributed by atoms with E-state index < -0.39 is 23.9 Å². The van der Waals surface area contributed by atoms with E-state index in [1.54, 1.807) is 21.7 Å². The van der Waals surface area contributed by atoms with Gasteiger partial charge in [0.05, 0.1) is 36.1 Å². The second-order valence-corrected chi connectivity index (χ2v) is 13.6. The number of halogens is 5. The highest BCUT2D eigenvalue weighted by Gasteiger charge is 2.44. The van der Waals surface area contributed by atoms with Crippen LogP contribution in [0.2, 0.25) is 0 Å². The van der Waals surface area contributed by atoms with Gasteiger partial charge in [0, 0.05) is 53.5 Å². The number of ether oxygens (including phenoxy) is 2. The van der Waals surface area contributed by atoms with E-state index in [1.165, 1.54) is 36.5 Å². The van der Waals surface area contributed by atoms with Crippen molar-refractivity contribution in [1.29, 1.82) is 0 Å². The lowest BCUT2D eigenvalue weighted by Gasteiger charge is -2.35. The van der Waals surface area contributed by atoms with Crippen molar-refractivity contribution in [2.75, 3.05) is 33.9 Å². The third-order valence-electron chi connectivity index (χ3n) is 9.60. The van der Waals surface area contributed by atoms with Crippen molar-refractivity contribution in [3.05, 3.63) is 89.0 Å². The van der Waals surface area contributed by atoms with Crippen molar-refractivity contribution >= 4 is 27.3 Å². The Morgan fingerprint density at radius 3 is 2.61 bits per heavy atom. The summed E-state index contributed by atoms with van der Waals surface area (Å²) in [6, 6.07) is 8.99. The average molecular weight is 724 g/mol. The number of carbonyl (C=O) groups is 1. The molecule has 2 atom stereocenters. The van der Waals surface area contributed by atoms with Crippen molar-refractivity contribution in [3.63, 3.8) is 0 Å². The summed E-state index contributed by atoms with van der Waals surface area (Å²) in [5.41, 5.74) is 4.34. The maximum atomic E-state index is 16.1. The molecule has 0 radical (unpaired) electrons. The monoisotopic (exact) mass is 723 g/mol. The Hall–Kier alpha value is -4.66. The summed E-state index contributed by atoms with van der Waals surface area (Å²) >= 11 is 1.34. The zero-order valence-electron chi connectivity index (χ0n) is 28.1. The van der Waals surface area contributed by atoms with Crippen molar-refractivity contribution in [2.45, 2.75) is 44.7 Å². The van der Waals surface area contributed by atoms with Crippen LogP contribution >= 0.6 is 11.3 Å². The maximum Gasteiger partial charge on any atom is 0.404 e. The molecule has 0 saturated heterocycles. The van der Waals surface area contributed by atoms with Gasteiger partial charge in [0.2, 0.25) is 5.91 Å². The van der Waals surface area contributed by atoms with Crippen LogP contribution in [0.25, 0.3) is 43.9 Å². The van der Waals surface area contributed by atoms with Gasteiger partial charge in [-0.3, -0.25) is 14.4 Å². The van der Waals surface area contributed by atoms with E-state index in [9.17, 15) is 22.4 Å². The first-order valence-corrected chi connectivity index (χ1v) is 17.2. The van der Waals surface area contributed by atoms with Crippen LogP contribution in [-0.4, -0.2) is 76.6 Å². The Morgan fingerprint density at radius 2 is 1.86 bits per heavy atom. The van der Waals surface area contributed by atoms with Crippen LogP contribution in [0, 0.1) is 11.6 Å². The fourth-order valence-corrected chi connectivity index (χ4v) is 8.02. The molecule has 1 amide bonds. The number of hydrogen-bond donors (Lipinski definition) is 0. The number of hydrogen-bond acceptors (Lipinski definition) is 7. The highest BCUT2D eigenvalue weighted by molar-refractivity contribution is 7.18. The molecular weight excluding hydrogens is 689 g/mol. The Labute approximate surface area is 294 Å². The molecule has 7 rings (SSSR count). The number of rotatable bonds is 8. The minimum atomic E-state index is -4.36. The van der Waals surface area contributed by atoms with E-state index in [-0.39, 0.29) is 49.4 Å². The van der Waals surface area contributed by atoms with E-state index in [0.717, 1.165) is 23.4 Å². The second kappa shape index (κ2) is 13.5. The molecule has 0 fully saturated rings. The third-order valence-corrected chi connectivity index (χ3v) is 10.5. The minimum absolute atomic E-state index is 0.00161. The molecule has 0 saturated carbocycles. The van der Waals surface area contributed by atoms with Crippen molar-refractivity contribution in [3.8, 4) is 39.5 Å². The quantitative estimate of drug-likeness (QED) is 0.0925. The van der Waals surface area contributed by atoms with E-state index >= 15 is 4.39 Å². The first-order chi connectivity index (χ1) is 24.4. The smallest absolute Gasteiger partial charge is 0.404 e.